The van der Waals surface area contributed by atoms with Gasteiger partial charge in [-0.2, -0.15) is 0 Å². The van der Waals surface area contributed by atoms with Crippen LogP contribution in [-0.4, -0.2) is 63.7 Å². The molecule has 0 spiro atoms. The van der Waals surface area contributed by atoms with Crippen molar-refractivity contribution in [2.45, 2.75) is 12.0 Å². The molecule has 0 saturated carbocycles. The third-order valence-corrected chi connectivity index (χ3v) is 3.75. The largest absolute Gasteiger partial charge is 0.385 e. The smallest absolute Gasteiger partial charge is 0.113 e. The number of hydrogen-bond donors (Lipinski definition) is 3. The molecule has 134 valence electrons. The van der Waals surface area contributed by atoms with E-state index in [1.807, 2.05) is 6.07 Å². The van der Waals surface area contributed by atoms with Gasteiger partial charge in [-0.3, -0.25) is 0 Å². The molecule has 7 heteroatoms. The van der Waals surface area contributed by atoms with E-state index in [4.69, 9.17) is 4.74 Å². The van der Waals surface area contributed by atoms with Crippen LogP contribution in [0, 0.1) is 0 Å². The minimum Gasteiger partial charge on any atom is -0.385 e. The van der Waals surface area contributed by atoms with Crippen molar-refractivity contribution in [3.05, 3.63) is 30.3 Å². The molecule has 2 rings (SSSR count). The van der Waals surface area contributed by atoms with Crippen LogP contribution in [0.3, 0.4) is 0 Å². The summed E-state index contributed by atoms with van der Waals surface area (Å²) in [6, 6.07) is 10.4. The number of nitrogens with zero attached hydrogens (tertiary/aromatic N) is 1. The molecule has 1 atom stereocenters. The minimum absolute atomic E-state index is 0. The molecule has 3 N–H and O–H groups in total. The molecule has 0 aromatic heterocycles. The van der Waals surface area contributed by atoms with Gasteiger partial charge in [-0.1, -0.05) is 18.2 Å². The first-order chi connectivity index (χ1) is 10.2. The van der Waals surface area contributed by atoms with Crippen molar-refractivity contribution >= 4 is 30.5 Å². The van der Waals surface area contributed by atoms with Gasteiger partial charge < -0.3 is 25.4 Å². The zero-order chi connectivity index (χ0) is 15.0. The number of nitrogens with one attached hydrogen (secondary N) is 2. The van der Waals surface area contributed by atoms with Crippen molar-refractivity contribution in [3.8, 4) is 0 Å². The molecule has 5 nitrogen and oxygen atoms in total. The Labute approximate surface area is 151 Å². The van der Waals surface area contributed by atoms with Crippen LogP contribution in [0.25, 0.3) is 0 Å². The van der Waals surface area contributed by atoms with Crippen LogP contribution in [0.15, 0.2) is 30.3 Å². The number of β-amino-alcohol motifs (C(OH)–C–C–N with tert-alkyl or cyclic N) is 1. The predicted octanol–water partition coefficient (Wildman–Crippen LogP) is 1.30. The van der Waals surface area contributed by atoms with Gasteiger partial charge >= 0.3 is 0 Å². The van der Waals surface area contributed by atoms with Crippen molar-refractivity contribution < 1.29 is 9.84 Å². The van der Waals surface area contributed by atoms with E-state index in [9.17, 15) is 5.11 Å². The second kappa shape index (κ2) is 11.9. The van der Waals surface area contributed by atoms with Crippen molar-refractivity contribution in [3.63, 3.8) is 0 Å². The molecule has 1 aliphatic heterocycles. The number of hydrogen-bond acceptors (Lipinski definition) is 5. The Morgan fingerprint density at radius 2 is 2.04 bits per heavy atom. The lowest BCUT2D eigenvalue weighted by atomic mass is 10.1. The Kier molecular flexibility index (Phi) is 11.6. The predicted molar refractivity (Wildman–Crippen MR) is 100 cm³/mol. The average molecular weight is 366 g/mol. The summed E-state index contributed by atoms with van der Waals surface area (Å²) < 4.78 is 5.40. The Morgan fingerprint density at radius 3 is 2.78 bits per heavy atom. The molecule has 1 aromatic carbocycles. The van der Waals surface area contributed by atoms with E-state index in [0.29, 0.717) is 26.3 Å². The second-order valence-electron chi connectivity index (χ2n) is 5.74. The summed E-state index contributed by atoms with van der Waals surface area (Å²) in [5.41, 5.74) is 0.444. The number of para-hydroxylation sites is 1. The van der Waals surface area contributed by atoms with Gasteiger partial charge in [-0.05, 0) is 25.1 Å². The molecule has 1 saturated heterocycles. The fourth-order valence-corrected chi connectivity index (χ4v) is 2.47. The maximum Gasteiger partial charge on any atom is 0.113 e. The zero-order valence-corrected chi connectivity index (χ0v) is 15.3. The molecule has 1 heterocycles. The van der Waals surface area contributed by atoms with Crippen molar-refractivity contribution in [1.82, 2.24) is 10.6 Å². The summed E-state index contributed by atoms with van der Waals surface area (Å²) in [6.07, 6.45) is 1.04. The van der Waals surface area contributed by atoms with Gasteiger partial charge in [0, 0.05) is 38.9 Å². The van der Waals surface area contributed by atoms with Crippen molar-refractivity contribution in [1.29, 1.82) is 0 Å². The molecular weight excluding hydrogens is 337 g/mol. The number of anilines is 1. The molecule has 1 fully saturated rings. The number of benzene rings is 1. The van der Waals surface area contributed by atoms with Gasteiger partial charge in [-0.15, -0.1) is 24.8 Å². The van der Waals surface area contributed by atoms with Crippen LogP contribution in [0.1, 0.15) is 6.42 Å². The SMILES string of the molecule is CN(CCCNCC1(O)CNCCOC1)c1ccccc1.Cl.Cl. The molecular formula is C16H29Cl2N3O2. The Balaban J connectivity index is 0.00000242. The molecule has 1 unspecified atom stereocenters. The van der Waals surface area contributed by atoms with Gasteiger partial charge in [0.15, 0.2) is 0 Å². The number of ether oxygens (including phenoxy) is 1. The fraction of sp³-hybridized carbons (Fsp3) is 0.625. The lowest BCUT2D eigenvalue weighted by Crippen LogP contribution is -2.50. The highest BCUT2D eigenvalue weighted by Crippen LogP contribution is 2.11. The highest BCUT2D eigenvalue weighted by Gasteiger charge is 2.28. The minimum atomic E-state index is -0.790. The average Bonchev–Trinajstić information content (AvgIpc) is 2.73. The van der Waals surface area contributed by atoms with Gasteiger partial charge in [0.05, 0.1) is 13.2 Å². The van der Waals surface area contributed by atoms with E-state index in [2.05, 4.69) is 46.8 Å². The Bertz CT molecular complexity index is 402. The lowest BCUT2D eigenvalue weighted by Gasteiger charge is -2.26. The first-order valence-electron chi connectivity index (χ1n) is 7.67. The highest BCUT2D eigenvalue weighted by molar-refractivity contribution is 5.85. The normalized spacial score (nSPS) is 20.8. The standard InChI is InChI=1S/C16H27N3O2.2ClH/c1-19(15-6-3-2-4-7-15)10-5-8-17-12-16(20)13-18-9-11-21-14-16;;/h2-4,6-7,17-18,20H,5,8-14H2,1H3;2*1H. The summed E-state index contributed by atoms with van der Waals surface area (Å²) in [7, 11) is 2.10. The number of aliphatic hydroxyl groups is 1. The van der Waals surface area contributed by atoms with E-state index in [1.54, 1.807) is 0 Å². The van der Waals surface area contributed by atoms with Crippen LogP contribution in [0.5, 0.6) is 0 Å². The molecule has 1 aliphatic rings. The van der Waals surface area contributed by atoms with E-state index in [-0.39, 0.29) is 24.8 Å². The summed E-state index contributed by atoms with van der Waals surface area (Å²) >= 11 is 0. The Morgan fingerprint density at radius 1 is 1.30 bits per heavy atom. The molecule has 0 aliphatic carbocycles. The molecule has 0 amide bonds. The zero-order valence-electron chi connectivity index (χ0n) is 13.7. The maximum atomic E-state index is 10.4. The van der Waals surface area contributed by atoms with Crippen molar-refractivity contribution in [2.75, 3.05) is 57.9 Å². The third kappa shape index (κ3) is 8.20. The summed E-state index contributed by atoms with van der Waals surface area (Å²) in [4.78, 5) is 2.24. The lowest BCUT2D eigenvalue weighted by molar-refractivity contribution is -0.0261. The van der Waals surface area contributed by atoms with Gasteiger partial charge in [0.1, 0.15) is 5.60 Å². The van der Waals surface area contributed by atoms with Gasteiger partial charge in [0.25, 0.3) is 0 Å². The van der Waals surface area contributed by atoms with Crippen LogP contribution >= 0.6 is 24.8 Å². The highest BCUT2D eigenvalue weighted by atomic mass is 35.5. The number of rotatable bonds is 7. The second-order valence-corrected chi connectivity index (χ2v) is 5.74. The van der Waals surface area contributed by atoms with Gasteiger partial charge in [0.2, 0.25) is 0 Å². The molecule has 23 heavy (non-hydrogen) atoms. The van der Waals surface area contributed by atoms with E-state index in [1.165, 1.54) is 5.69 Å². The van der Waals surface area contributed by atoms with Crippen LogP contribution in [-0.2, 0) is 4.74 Å². The summed E-state index contributed by atoms with van der Waals surface area (Å²) in [5, 5.41) is 16.9. The van der Waals surface area contributed by atoms with E-state index in [0.717, 1.165) is 26.1 Å². The third-order valence-electron chi connectivity index (χ3n) is 3.75. The van der Waals surface area contributed by atoms with E-state index < -0.39 is 5.60 Å². The Hall–Kier alpha value is -0.560. The maximum absolute atomic E-state index is 10.4. The summed E-state index contributed by atoms with van der Waals surface area (Å²) in [5.74, 6) is 0. The first kappa shape index (κ1) is 22.4. The first-order valence-corrected chi connectivity index (χ1v) is 7.67. The quantitative estimate of drug-likeness (QED) is 0.635. The molecule has 0 radical (unpaired) electrons. The molecule has 0 bridgehead atoms. The van der Waals surface area contributed by atoms with Gasteiger partial charge in [-0.25, -0.2) is 0 Å². The van der Waals surface area contributed by atoms with Crippen LogP contribution in [0.2, 0.25) is 0 Å². The van der Waals surface area contributed by atoms with E-state index >= 15 is 0 Å². The van der Waals surface area contributed by atoms with Crippen molar-refractivity contribution in [2.24, 2.45) is 0 Å². The van der Waals surface area contributed by atoms with Crippen LogP contribution in [0.4, 0.5) is 5.69 Å². The summed E-state index contributed by atoms with van der Waals surface area (Å²) in [6.45, 7) is 4.91. The number of halogens is 2. The van der Waals surface area contributed by atoms with Crippen LogP contribution < -0.4 is 15.5 Å². The fourth-order valence-electron chi connectivity index (χ4n) is 2.47. The monoisotopic (exact) mass is 365 g/mol. The molecule has 1 aromatic rings. The topological polar surface area (TPSA) is 56.8 Å².